The number of amides is 2. The van der Waals surface area contributed by atoms with E-state index in [1.165, 1.54) is 11.3 Å². The fourth-order valence-electron chi connectivity index (χ4n) is 4.47. The molecule has 4 heterocycles. The van der Waals surface area contributed by atoms with Gasteiger partial charge in [0, 0.05) is 49.3 Å². The second kappa shape index (κ2) is 5.89. The first-order valence-corrected chi connectivity index (χ1v) is 10.4. The molecule has 0 spiro atoms. The van der Waals surface area contributed by atoms with Crippen molar-refractivity contribution in [1.29, 1.82) is 0 Å². The molecule has 2 aromatic rings. The molecule has 2 aliphatic heterocycles. The minimum Gasteiger partial charge on any atom is -0.397 e. The van der Waals surface area contributed by atoms with E-state index in [9.17, 15) is 9.59 Å². The number of anilines is 1. The number of nitrogen functional groups attached to an aromatic ring is 1. The number of hydrogen-bond donors (Lipinski definition) is 1. The van der Waals surface area contributed by atoms with Gasteiger partial charge in [0.05, 0.1) is 11.4 Å². The fourth-order valence-corrected chi connectivity index (χ4v) is 5.54. The molecule has 27 heavy (non-hydrogen) atoms. The van der Waals surface area contributed by atoms with Crippen molar-refractivity contribution in [3.8, 4) is 0 Å². The van der Waals surface area contributed by atoms with Gasteiger partial charge in [-0.15, -0.1) is 16.4 Å². The van der Waals surface area contributed by atoms with Crippen LogP contribution >= 0.6 is 11.3 Å². The maximum absolute atomic E-state index is 13.1. The first-order chi connectivity index (χ1) is 12.9. The zero-order chi connectivity index (χ0) is 18.9. The third-order valence-corrected chi connectivity index (χ3v) is 7.42. The largest absolute Gasteiger partial charge is 0.397 e. The van der Waals surface area contributed by atoms with Crippen molar-refractivity contribution in [3.63, 3.8) is 0 Å². The number of aryl methyl sites for hydroxylation is 2. The van der Waals surface area contributed by atoms with E-state index in [1.54, 1.807) is 0 Å². The number of carbonyl (C=O) groups excluding carboxylic acids is 2. The third-order valence-electron chi connectivity index (χ3n) is 6.34. The van der Waals surface area contributed by atoms with Crippen molar-refractivity contribution < 1.29 is 9.59 Å². The monoisotopic (exact) mass is 385 g/mol. The molecule has 8 heteroatoms. The summed E-state index contributed by atoms with van der Waals surface area (Å²) >= 11 is 1.33. The van der Waals surface area contributed by atoms with E-state index in [2.05, 4.69) is 10.2 Å². The molecule has 3 fully saturated rings. The highest BCUT2D eigenvalue weighted by Gasteiger charge is 2.46. The average Bonchev–Trinajstić information content (AvgIpc) is 3.17. The van der Waals surface area contributed by atoms with Gasteiger partial charge in [-0.3, -0.25) is 9.59 Å². The summed E-state index contributed by atoms with van der Waals surface area (Å²) in [6, 6.07) is 0. The Morgan fingerprint density at radius 3 is 2.30 bits per heavy atom. The van der Waals surface area contributed by atoms with Crippen molar-refractivity contribution in [1.82, 2.24) is 20.0 Å². The highest BCUT2D eigenvalue weighted by Crippen LogP contribution is 2.39. The number of nitrogens with two attached hydrogens (primary N) is 1. The second-order valence-corrected chi connectivity index (χ2v) is 9.18. The topological polar surface area (TPSA) is 92.4 Å². The Balaban J connectivity index is 1.35. The summed E-state index contributed by atoms with van der Waals surface area (Å²) in [5, 5.41) is 9.22. The molecule has 2 N–H and O–H groups in total. The molecule has 5 rings (SSSR count). The minimum atomic E-state index is -0.0120. The molecular formula is C19H23N5O2S. The zero-order valence-corrected chi connectivity index (χ0v) is 16.4. The van der Waals surface area contributed by atoms with E-state index in [0.29, 0.717) is 41.4 Å². The van der Waals surface area contributed by atoms with Gasteiger partial charge in [0.25, 0.3) is 5.91 Å². The lowest BCUT2D eigenvalue weighted by molar-refractivity contribution is -0.131. The lowest BCUT2D eigenvalue weighted by atomic mass is 10.0. The molecule has 7 nitrogen and oxygen atoms in total. The molecule has 142 valence electrons. The molecular weight excluding hydrogens is 362 g/mol. The number of likely N-dealkylation sites (tertiary alicyclic amines) is 2. The molecule has 0 bridgehead atoms. The number of rotatable bonds is 2. The summed E-state index contributed by atoms with van der Waals surface area (Å²) < 4.78 is 0. The second-order valence-electron chi connectivity index (χ2n) is 8.18. The fraction of sp³-hybridized carbons (Fsp3) is 0.579. The number of hydrogen-bond acceptors (Lipinski definition) is 6. The molecule has 0 aromatic carbocycles. The first-order valence-electron chi connectivity index (χ1n) is 9.54. The van der Waals surface area contributed by atoms with Gasteiger partial charge < -0.3 is 15.5 Å². The molecule has 2 unspecified atom stereocenters. The summed E-state index contributed by atoms with van der Waals surface area (Å²) in [4.78, 5) is 30.6. The number of fused-ring (bicyclic) bond motifs is 2. The van der Waals surface area contributed by atoms with E-state index in [4.69, 9.17) is 5.73 Å². The van der Waals surface area contributed by atoms with Crippen molar-refractivity contribution in [3.05, 3.63) is 16.1 Å². The van der Waals surface area contributed by atoms with Crippen LogP contribution in [0.4, 0.5) is 5.69 Å². The Labute approximate surface area is 161 Å². The van der Waals surface area contributed by atoms with Crippen LogP contribution in [0.2, 0.25) is 0 Å². The molecule has 0 radical (unpaired) electrons. The Morgan fingerprint density at radius 1 is 1.04 bits per heavy atom. The minimum absolute atomic E-state index is 0.0120. The standard InChI is InChI=1S/C19H23N5O2S/c1-9-10(2)21-22-17-14(9)15(20)16(27-17)19(26)24-7-12-5-23(6-13(12)8-24)18(25)11-3-4-11/h11-13H,3-8,20H2,1-2H3. The zero-order valence-electron chi connectivity index (χ0n) is 15.6. The number of nitrogens with zero attached hydrogens (tertiary/aromatic N) is 4. The van der Waals surface area contributed by atoms with Crippen molar-refractivity contribution >= 4 is 39.1 Å². The summed E-state index contributed by atoms with van der Waals surface area (Å²) in [5.41, 5.74) is 8.69. The van der Waals surface area contributed by atoms with Crippen molar-refractivity contribution in [2.45, 2.75) is 26.7 Å². The van der Waals surface area contributed by atoms with E-state index in [1.807, 2.05) is 23.6 Å². The van der Waals surface area contributed by atoms with Gasteiger partial charge in [-0.25, -0.2) is 0 Å². The molecule has 1 saturated carbocycles. The molecule has 2 amide bonds. The van der Waals surface area contributed by atoms with Gasteiger partial charge in [-0.1, -0.05) is 0 Å². The molecule has 2 atom stereocenters. The van der Waals surface area contributed by atoms with Crippen LogP contribution in [0, 0.1) is 31.6 Å². The van der Waals surface area contributed by atoms with Crippen LogP contribution < -0.4 is 5.73 Å². The van der Waals surface area contributed by atoms with Crippen LogP contribution in [-0.2, 0) is 4.79 Å². The molecule has 2 aromatic heterocycles. The number of carbonyl (C=O) groups is 2. The van der Waals surface area contributed by atoms with Gasteiger partial charge in [-0.2, -0.15) is 5.10 Å². The van der Waals surface area contributed by atoms with Crippen molar-refractivity contribution in [2.24, 2.45) is 17.8 Å². The van der Waals surface area contributed by atoms with Crippen LogP contribution in [0.5, 0.6) is 0 Å². The highest BCUT2D eigenvalue weighted by molar-refractivity contribution is 7.21. The number of thiophene rings is 1. The Morgan fingerprint density at radius 2 is 1.67 bits per heavy atom. The summed E-state index contributed by atoms with van der Waals surface area (Å²) in [6.45, 7) is 6.85. The van der Waals surface area contributed by atoms with Crippen molar-refractivity contribution in [2.75, 3.05) is 31.9 Å². The van der Waals surface area contributed by atoms with Gasteiger partial charge in [0.1, 0.15) is 9.71 Å². The van der Waals surface area contributed by atoms with E-state index < -0.39 is 0 Å². The third kappa shape index (κ3) is 2.61. The average molecular weight is 385 g/mol. The predicted octanol–water partition coefficient (Wildman–Crippen LogP) is 1.83. The van der Waals surface area contributed by atoms with E-state index in [-0.39, 0.29) is 11.8 Å². The van der Waals surface area contributed by atoms with E-state index >= 15 is 0 Å². The first kappa shape index (κ1) is 16.9. The summed E-state index contributed by atoms with van der Waals surface area (Å²) in [5.74, 6) is 1.35. The van der Waals surface area contributed by atoms with Gasteiger partial charge in [0.15, 0.2) is 0 Å². The lowest BCUT2D eigenvalue weighted by Gasteiger charge is -2.21. The predicted molar refractivity (Wildman–Crippen MR) is 103 cm³/mol. The summed E-state index contributed by atoms with van der Waals surface area (Å²) in [6.07, 6.45) is 2.09. The quantitative estimate of drug-likeness (QED) is 0.851. The van der Waals surface area contributed by atoms with E-state index in [0.717, 1.165) is 47.4 Å². The molecule has 1 aliphatic carbocycles. The Hall–Kier alpha value is -2.22. The van der Waals surface area contributed by atoms with Gasteiger partial charge in [-0.05, 0) is 32.3 Å². The maximum Gasteiger partial charge on any atom is 0.266 e. The normalized spacial score (nSPS) is 24.7. The molecule has 3 aliphatic rings. The van der Waals surface area contributed by atoms with Gasteiger partial charge >= 0.3 is 0 Å². The van der Waals surface area contributed by atoms with Crippen LogP contribution in [-0.4, -0.2) is 58.0 Å². The summed E-state index contributed by atoms with van der Waals surface area (Å²) in [7, 11) is 0. The van der Waals surface area contributed by atoms with Crippen LogP contribution in [0.25, 0.3) is 10.2 Å². The number of aromatic nitrogens is 2. The van der Waals surface area contributed by atoms with Gasteiger partial charge in [0.2, 0.25) is 5.91 Å². The highest BCUT2D eigenvalue weighted by atomic mass is 32.1. The Kier molecular flexibility index (Phi) is 3.69. The van der Waals surface area contributed by atoms with Crippen LogP contribution in [0.1, 0.15) is 33.8 Å². The lowest BCUT2D eigenvalue weighted by Crippen LogP contribution is -2.36. The smallest absolute Gasteiger partial charge is 0.266 e. The van der Waals surface area contributed by atoms with Crippen LogP contribution in [0.3, 0.4) is 0 Å². The SMILES string of the molecule is Cc1nnc2sc(C(=O)N3CC4CN(C(=O)C5CC5)CC4C3)c(N)c2c1C. The molecule has 2 saturated heterocycles. The maximum atomic E-state index is 13.1. The Bertz CT molecular complexity index is 953. The van der Waals surface area contributed by atoms with Crippen LogP contribution in [0.15, 0.2) is 0 Å².